The quantitative estimate of drug-likeness (QED) is 0.748. The number of nitrogens with one attached hydrogen (secondary N) is 1. The molecule has 0 aromatic heterocycles. The molecule has 0 spiro atoms. The Kier molecular flexibility index (Phi) is 6.23. The molecule has 1 saturated carbocycles. The topological polar surface area (TPSA) is 35.6 Å². The fourth-order valence-corrected chi connectivity index (χ4v) is 4.33. The summed E-state index contributed by atoms with van der Waals surface area (Å²) in [6.07, 6.45) is -2.45. The van der Waals surface area contributed by atoms with E-state index in [1.807, 2.05) is 17.0 Å². The summed E-state index contributed by atoms with van der Waals surface area (Å²) in [5.41, 5.74) is 2.80. The van der Waals surface area contributed by atoms with Gasteiger partial charge in [0.25, 0.3) is 0 Å². The molecule has 2 aliphatic rings. The maximum absolute atomic E-state index is 12.7. The molecule has 1 heterocycles. The summed E-state index contributed by atoms with van der Waals surface area (Å²) in [5.74, 6) is 0.588. The monoisotopic (exact) mass is 431 g/mol. The minimum absolute atomic E-state index is 0.127. The van der Waals surface area contributed by atoms with Gasteiger partial charge in [-0.05, 0) is 48.1 Å². The van der Waals surface area contributed by atoms with Gasteiger partial charge >= 0.3 is 6.18 Å². The highest BCUT2D eigenvalue weighted by atomic mass is 19.4. The first-order chi connectivity index (χ1) is 14.8. The largest absolute Gasteiger partial charge is 0.416 e. The van der Waals surface area contributed by atoms with Crippen molar-refractivity contribution in [3.63, 3.8) is 0 Å². The van der Waals surface area contributed by atoms with Crippen molar-refractivity contribution >= 4 is 11.6 Å². The van der Waals surface area contributed by atoms with Crippen LogP contribution in [-0.4, -0.2) is 43.0 Å². The summed E-state index contributed by atoms with van der Waals surface area (Å²) in [6, 6.07) is 14.3. The molecule has 7 heteroatoms. The smallest absolute Gasteiger partial charge is 0.368 e. The van der Waals surface area contributed by atoms with E-state index in [1.165, 1.54) is 23.4 Å². The number of para-hydroxylation sites is 1. The van der Waals surface area contributed by atoms with E-state index in [2.05, 4.69) is 22.3 Å². The molecule has 2 aromatic rings. The lowest BCUT2D eigenvalue weighted by Gasteiger charge is -2.36. The van der Waals surface area contributed by atoms with E-state index in [-0.39, 0.29) is 5.91 Å². The van der Waals surface area contributed by atoms with Gasteiger partial charge in [0.05, 0.1) is 5.56 Å². The highest BCUT2D eigenvalue weighted by molar-refractivity contribution is 5.73. The van der Waals surface area contributed by atoms with Crippen molar-refractivity contribution in [3.8, 4) is 0 Å². The Labute approximate surface area is 181 Å². The van der Waals surface area contributed by atoms with Gasteiger partial charge in [-0.3, -0.25) is 4.79 Å². The average molecular weight is 432 g/mol. The molecular formula is C24H28F3N3O. The second-order valence-electron chi connectivity index (χ2n) is 8.50. The number of hydrogen-bond donors (Lipinski definition) is 1. The van der Waals surface area contributed by atoms with Crippen LogP contribution >= 0.6 is 0 Å². The highest BCUT2D eigenvalue weighted by Gasteiger charge is 2.37. The van der Waals surface area contributed by atoms with E-state index in [9.17, 15) is 18.0 Å². The third-order valence-electron chi connectivity index (χ3n) is 6.31. The number of halogens is 3. The zero-order chi connectivity index (χ0) is 22.0. The molecule has 1 saturated heterocycles. The van der Waals surface area contributed by atoms with Crippen molar-refractivity contribution in [3.05, 3.63) is 65.2 Å². The third kappa shape index (κ3) is 5.39. The van der Waals surface area contributed by atoms with Crippen LogP contribution in [0, 0.1) is 5.92 Å². The normalized spacial score (nSPS) is 21.3. The third-order valence-corrected chi connectivity index (χ3v) is 6.31. The van der Waals surface area contributed by atoms with E-state index >= 15 is 0 Å². The van der Waals surface area contributed by atoms with E-state index in [1.54, 1.807) is 19.1 Å². The molecule has 0 bridgehead atoms. The average Bonchev–Trinajstić information content (AvgIpc) is 3.50. The summed E-state index contributed by atoms with van der Waals surface area (Å²) in [6.45, 7) is 5.53. The number of nitrogens with zero attached hydrogens (tertiary/aromatic N) is 2. The predicted molar refractivity (Wildman–Crippen MR) is 115 cm³/mol. The van der Waals surface area contributed by atoms with Gasteiger partial charge < -0.3 is 15.1 Å². The molecule has 2 aromatic carbocycles. The van der Waals surface area contributed by atoms with Gasteiger partial charge in [-0.2, -0.15) is 13.2 Å². The number of rotatable bonds is 6. The Balaban J connectivity index is 1.29. The van der Waals surface area contributed by atoms with Crippen LogP contribution in [0.15, 0.2) is 48.5 Å². The second-order valence-corrected chi connectivity index (χ2v) is 8.50. The minimum Gasteiger partial charge on any atom is -0.368 e. The van der Waals surface area contributed by atoms with Gasteiger partial charge in [-0.15, -0.1) is 0 Å². The Morgan fingerprint density at radius 3 is 2.35 bits per heavy atom. The van der Waals surface area contributed by atoms with Gasteiger partial charge in [0.2, 0.25) is 5.91 Å². The van der Waals surface area contributed by atoms with Crippen LogP contribution in [0.4, 0.5) is 18.9 Å². The van der Waals surface area contributed by atoms with Crippen LogP contribution in [-0.2, 0) is 23.9 Å². The fourth-order valence-electron chi connectivity index (χ4n) is 4.33. The Bertz CT molecular complexity index is 905. The van der Waals surface area contributed by atoms with Gasteiger partial charge in [0.15, 0.2) is 0 Å². The van der Waals surface area contributed by atoms with Crippen LogP contribution in [0.1, 0.15) is 30.0 Å². The van der Waals surface area contributed by atoms with Gasteiger partial charge in [-0.25, -0.2) is 0 Å². The molecule has 1 N–H and O–H groups in total. The number of carbonyl (C=O) groups is 1. The van der Waals surface area contributed by atoms with E-state index in [4.69, 9.17) is 0 Å². The maximum Gasteiger partial charge on any atom is 0.416 e. The summed E-state index contributed by atoms with van der Waals surface area (Å²) in [7, 11) is 0. The Hall–Kier alpha value is -2.54. The van der Waals surface area contributed by atoms with Crippen LogP contribution < -0.4 is 10.2 Å². The zero-order valence-electron chi connectivity index (χ0n) is 17.7. The van der Waals surface area contributed by atoms with Gasteiger partial charge in [0, 0.05) is 51.4 Å². The SMILES string of the molecule is CC(=O)N1CCN(c2ccccc2CNC2CC2Cc2ccc(C(F)(F)F)cc2)CC1. The van der Waals surface area contributed by atoms with Crippen molar-refractivity contribution in [1.29, 1.82) is 0 Å². The standard InChI is InChI=1S/C24H28F3N3O/c1-17(31)29-10-12-30(13-11-29)23-5-3-2-4-19(23)16-28-22-15-20(22)14-18-6-8-21(9-7-18)24(25,26)27/h2-9,20,22,28H,10-16H2,1H3. The van der Waals surface area contributed by atoms with Crippen LogP contribution in [0.2, 0.25) is 0 Å². The number of alkyl halides is 3. The van der Waals surface area contributed by atoms with E-state index < -0.39 is 11.7 Å². The summed E-state index contributed by atoms with van der Waals surface area (Å²) in [5, 5.41) is 3.61. The number of benzene rings is 2. The first-order valence-corrected chi connectivity index (χ1v) is 10.8. The second kappa shape index (κ2) is 8.91. The Morgan fingerprint density at radius 1 is 1.03 bits per heavy atom. The van der Waals surface area contributed by atoms with Crippen molar-refractivity contribution < 1.29 is 18.0 Å². The molecule has 31 heavy (non-hydrogen) atoms. The summed E-state index contributed by atoms with van der Waals surface area (Å²) in [4.78, 5) is 15.8. The maximum atomic E-state index is 12.7. The van der Waals surface area contributed by atoms with Crippen molar-refractivity contribution in [2.75, 3.05) is 31.1 Å². The molecule has 4 nitrogen and oxygen atoms in total. The first kappa shape index (κ1) is 21.7. The predicted octanol–water partition coefficient (Wildman–Crippen LogP) is 4.09. The van der Waals surface area contributed by atoms with Crippen molar-refractivity contribution in [1.82, 2.24) is 10.2 Å². The van der Waals surface area contributed by atoms with Crippen LogP contribution in [0.25, 0.3) is 0 Å². The minimum atomic E-state index is -4.28. The molecule has 2 atom stereocenters. The molecular weight excluding hydrogens is 403 g/mol. The van der Waals surface area contributed by atoms with E-state index in [0.29, 0.717) is 12.0 Å². The first-order valence-electron chi connectivity index (χ1n) is 10.8. The van der Waals surface area contributed by atoms with Crippen LogP contribution in [0.5, 0.6) is 0 Å². The lowest BCUT2D eigenvalue weighted by atomic mass is 10.1. The fraction of sp³-hybridized carbons (Fsp3) is 0.458. The number of piperazine rings is 1. The van der Waals surface area contributed by atoms with E-state index in [0.717, 1.165) is 51.1 Å². The lowest BCUT2D eigenvalue weighted by molar-refractivity contribution is -0.137. The Morgan fingerprint density at radius 2 is 1.71 bits per heavy atom. The number of hydrogen-bond acceptors (Lipinski definition) is 3. The zero-order valence-corrected chi connectivity index (χ0v) is 17.7. The molecule has 2 unspecified atom stereocenters. The summed E-state index contributed by atoms with van der Waals surface area (Å²) < 4.78 is 38.1. The molecule has 1 aliphatic carbocycles. The number of anilines is 1. The lowest BCUT2D eigenvalue weighted by Crippen LogP contribution is -2.48. The van der Waals surface area contributed by atoms with Crippen molar-refractivity contribution in [2.24, 2.45) is 5.92 Å². The molecule has 2 fully saturated rings. The molecule has 1 aliphatic heterocycles. The molecule has 166 valence electrons. The molecule has 4 rings (SSSR count). The highest BCUT2D eigenvalue weighted by Crippen LogP contribution is 2.35. The number of amides is 1. The van der Waals surface area contributed by atoms with Gasteiger partial charge in [-0.1, -0.05) is 30.3 Å². The summed E-state index contributed by atoms with van der Waals surface area (Å²) >= 11 is 0. The number of carbonyl (C=O) groups excluding carboxylic acids is 1. The molecule has 0 radical (unpaired) electrons. The van der Waals surface area contributed by atoms with Crippen molar-refractivity contribution in [2.45, 2.75) is 38.5 Å². The van der Waals surface area contributed by atoms with Gasteiger partial charge in [0.1, 0.15) is 0 Å². The molecule has 1 amide bonds. The van der Waals surface area contributed by atoms with Crippen LogP contribution in [0.3, 0.4) is 0 Å².